The second-order valence-corrected chi connectivity index (χ2v) is 10.0. The van der Waals surface area contributed by atoms with Gasteiger partial charge in [0.15, 0.2) is 0 Å². The number of carboxylic acids is 1. The van der Waals surface area contributed by atoms with E-state index in [9.17, 15) is 9.90 Å². The van der Waals surface area contributed by atoms with Crippen molar-refractivity contribution in [2.75, 3.05) is 0 Å². The summed E-state index contributed by atoms with van der Waals surface area (Å²) in [5.74, 6) is -0.681. The highest BCUT2D eigenvalue weighted by Gasteiger charge is 2.16. The Morgan fingerprint density at radius 1 is 0.531 bits per heavy atom. The fourth-order valence-electron chi connectivity index (χ4n) is 4.54. The first-order chi connectivity index (χ1) is 15.7. The molecular weight excluding hydrogens is 392 g/mol. The van der Waals surface area contributed by atoms with Crippen LogP contribution in [0.25, 0.3) is 0 Å². The van der Waals surface area contributed by atoms with E-state index in [-0.39, 0.29) is 5.92 Å². The van der Waals surface area contributed by atoms with Gasteiger partial charge in [0.25, 0.3) is 0 Å². The predicted molar refractivity (Wildman–Crippen MR) is 142 cm³/mol. The number of unbranched alkanes of at least 4 members (excludes halogenated alkanes) is 19. The molecule has 0 aromatic heterocycles. The van der Waals surface area contributed by atoms with E-state index >= 15 is 0 Å². The van der Waals surface area contributed by atoms with E-state index in [4.69, 9.17) is 0 Å². The van der Waals surface area contributed by atoms with Gasteiger partial charge in [-0.3, -0.25) is 4.79 Å². The molecule has 0 heterocycles. The molecular formula is C30H58O2. The summed E-state index contributed by atoms with van der Waals surface area (Å²) in [7, 11) is 0. The minimum absolute atomic E-state index is 0.110. The maximum Gasteiger partial charge on any atom is 0.306 e. The smallest absolute Gasteiger partial charge is 0.306 e. The number of rotatable bonds is 26. The molecule has 0 aliphatic rings. The first-order valence-electron chi connectivity index (χ1n) is 14.6. The lowest BCUT2D eigenvalue weighted by atomic mass is 9.94. The van der Waals surface area contributed by atoms with Crippen LogP contribution in [0.1, 0.15) is 168 Å². The topological polar surface area (TPSA) is 37.3 Å². The molecule has 0 radical (unpaired) electrons. The molecule has 0 aromatic carbocycles. The molecule has 2 heteroatoms. The van der Waals surface area contributed by atoms with Gasteiger partial charge >= 0.3 is 5.97 Å². The van der Waals surface area contributed by atoms with Crippen LogP contribution in [0.4, 0.5) is 0 Å². The van der Waals surface area contributed by atoms with Gasteiger partial charge in [0.1, 0.15) is 0 Å². The highest BCUT2D eigenvalue weighted by atomic mass is 16.4. The van der Waals surface area contributed by atoms with Crippen LogP contribution in [-0.4, -0.2) is 11.1 Å². The van der Waals surface area contributed by atoms with Crippen LogP contribution in [0.5, 0.6) is 0 Å². The molecule has 2 nitrogen and oxygen atoms in total. The van der Waals surface area contributed by atoms with Crippen molar-refractivity contribution in [1.29, 1.82) is 0 Å². The van der Waals surface area contributed by atoms with E-state index in [1.54, 1.807) is 0 Å². The molecule has 0 aliphatic heterocycles. The average Bonchev–Trinajstić information content (AvgIpc) is 2.78. The third-order valence-corrected chi connectivity index (χ3v) is 6.82. The zero-order valence-electron chi connectivity index (χ0n) is 22.1. The Morgan fingerprint density at radius 3 is 1.28 bits per heavy atom. The van der Waals surface area contributed by atoms with Crippen LogP contribution < -0.4 is 0 Å². The summed E-state index contributed by atoms with van der Waals surface area (Å²) in [6, 6.07) is 0. The van der Waals surface area contributed by atoms with Crippen molar-refractivity contribution in [1.82, 2.24) is 0 Å². The average molecular weight is 451 g/mol. The van der Waals surface area contributed by atoms with Crippen LogP contribution in [-0.2, 0) is 4.79 Å². The van der Waals surface area contributed by atoms with E-state index < -0.39 is 5.97 Å². The van der Waals surface area contributed by atoms with Crippen LogP contribution in [0.2, 0.25) is 0 Å². The van der Waals surface area contributed by atoms with Crippen molar-refractivity contribution in [3.05, 3.63) is 12.2 Å². The maximum absolute atomic E-state index is 11.5. The summed E-state index contributed by atoms with van der Waals surface area (Å²) in [5.41, 5.74) is 0. The van der Waals surface area contributed by atoms with Gasteiger partial charge in [0.2, 0.25) is 0 Å². The molecule has 0 aromatic rings. The SMILES string of the molecule is CCCCC=CCCCCCCC(CCCCCCCCCCCCCCCC)C(=O)O. The van der Waals surface area contributed by atoms with Crippen LogP contribution in [0.15, 0.2) is 12.2 Å². The molecule has 0 saturated heterocycles. The molecule has 32 heavy (non-hydrogen) atoms. The third-order valence-electron chi connectivity index (χ3n) is 6.82. The van der Waals surface area contributed by atoms with E-state index in [0.29, 0.717) is 0 Å². The summed E-state index contributed by atoms with van der Waals surface area (Å²) < 4.78 is 0. The van der Waals surface area contributed by atoms with Crippen molar-refractivity contribution in [2.45, 2.75) is 168 Å². The van der Waals surface area contributed by atoms with Crippen molar-refractivity contribution in [3.8, 4) is 0 Å². The normalized spacial score (nSPS) is 12.6. The van der Waals surface area contributed by atoms with Gasteiger partial charge in [-0.25, -0.2) is 0 Å². The van der Waals surface area contributed by atoms with Crippen molar-refractivity contribution >= 4 is 5.97 Å². The molecule has 0 fully saturated rings. The lowest BCUT2D eigenvalue weighted by Gasteiger charge is -2.12. The third kappa shape index (κ3) is 23.9. The molecule has 0 saturated carbocycles. The number of hydrogen-bond acceptors (Lipinski definition) is 1. The van der Waals surface area contributed by atoms with Gasteiger partial charge < -0.3 is 5.11 Å². The number of carboxylic acid groups (broad SMARTS) is 1. The highest BCUT2D eigenvalue weighted by molar-refractivity contribution is 5.69. The standard InChI is InChI=1S/C30H58O2/c1-3-5-7-9-11-13-15-16-17-18-20-22-24-26-28-29(30(31)32)27-25-23-21-19-14-12-10-8-6-4-2/h10,12,29H,3-9,11,13-28H2,1-2H3,(H,31,32). The Morgan fingerprint density at radius 2 is 0.875 bits per heavy atom. The van der Waals surface area contributed by atoms with Gasteiger partial charge in [0, 0.05) is 0 Å². The van der Waals surface area contributed by atoms with Crippen LogP contribution in [0, 0.1) is 5.92 Å². The van der Waals surface area contributed by atoms with Gasteiger partial charge in [-0.15, -0.1) is 0 Å². The molecule has 0 aliphatic carbocycles. The quantitative estimate of drug-likeness (QED) is 0.105. The molecule has 0 rings (SSSR count). The summed E-state index contributed by atoms with van der Waals surface area (Å²) >= 11 is 0. The van der Waals surface area contributed by atoms with Gasteiger partial charge in [-0.2, -0.15) is 0 Å². The van der Waals surface area contributed by atoms with E-state index in [0.717, 1.165) is 25.7 Å². The zero-order chi connectivity index (χ0) is 23.5. The van der Waals surface area contributed by atoms with Crippen LogP contribution in [0.3, 0.4) is 0 Å². The number of hydrogen-bond donors (Lipinski definition) is 1. The minimum atomic E-state index is -0.571. The molecule has 1 N–H and O–H groups in total. The lowest BCUT2D eigenvalue weighted by molar-refractivity contribution is -0.142. The van der Waals surface area contributed by atoms with Gasteiger partial charge in [-0.1, -0.05) is 148 Å². The van der Waals surface area contributed by atoms with Crippen LogP contribution >= 0.6 is 0 Å². The zero-order valence-corrected chi connectivity index (χ0v) is 22.1. The predicted octanol–water partition coefficient (Wildman–Crippen LogP) is 10.6. The lowest BCUT2D eigenvalue weighted by Crippen LogP contribution is -2.13. The molecule has 1 atom stereocenters. The Labute approximate surface area is 202 Å². The first kappa shape index (κ1) is 31.2. The van der Waals surface area contributed by atoms with Crippen molar-refractivity contribution in [3.63, 3.8) is 0 Å². The van der Waals surface area contributed by atoms with E-state index in [2.05, 4.69) is 26.0 Å². The summed E-state index contributed by atoms with van der Waals surface area (Å²) in [6.45, 7) is 4.51. The van der Waals surface area contributed by atoms with Gasteiger partial charge in [0.05, 0.1) is 5.92 Å². The molecule has 0 bridgehead atoms. The highest BCUT2D eigenvalue weighted by Crippen LogP contribution is 2.20. The largest absolute Gasteiger partial charge is 0.481 e. The Kier molecular flexibility index (Phi) is 25.8. The van der Waals surface area contributed by atoms with Crippen molar-refractivity contribution in [2.24, 2.45) is 5.92 Å². The number of aliphatic carboxylic acids is 1. The first-order valence-corrected chi connectivity index (χ1v) is 14.6. The van der Waals surface area contributed by atoms with E-state index in [1.807, 2.05) is 0 Å². The summed E-state index contributed by atoms with van der Waals surface area (Å²) in [4.78, 5) is 11.5. The molecule has 1 unspecified atom stereocenters. The Hall–Kier alpha value is -0.790. The minimum Gasteiger partial charge on any atom is -0.481 e. The monoisotopic (exact) mass is 450 g/mol. The summed E-state index contributed by atoms with van der Waals surface area (Å²) in [6.07, 6.45) is 35.1. The summed E-state index contributed by atoms with van der Waals surface area (Å²) in [5, 5.41) is 9.51. The Balaban J connectivity index is 3.45. The molecule has 190 valence electrons. The second-order valence-electron chi connectivity index (χ2n) is 10.0. The van der Waals surface area contributed by atoms with E-state index in [1.165, 1.54) is 128 Å². The number of carbonyl (C=O) groups is 1. The number of allylic oxidation sites excluding steroid dienone is 2. The molecule has 0 spiro atoms. The van der Waals surface area contributed by atoms with Crippen molar-refractivity contribution < 1.29 is 9.90 Å². The maximum atomic E-state index is 11.5. The van der Waals surface area contributed by atoms with Gasteiger partial charge in [-0.05, 0) is 32.1 Å². The second kappa shape index (κ2) is 26.5. The fraction of sp³-hybridized carbons (Fsp3) is 0.900. The Bertz CT molecular complexity index is 402. The fourth-order valence-corrected chi connectivity index (χ4v) is 4.54. The molecule has 0 amide bonds.